The van der Waals surface area contributed by atoms with Gasteiger partial charge in [0, 0.05) is 44.1 Å². The average molecular weight is 380 g/mol. The van der Waals surface area contributed by atoms with Crippen LogP contribution in [-0.4, -0.2) is 61.9 Å². The molecule has 1 fully saturated rings. The predicted octanol–water partition coefficient (Wildman–Crippen LogP) is 1.87. The van der Waals surface area contributed by atoms with Gasteiger partial charge in [0.05, 0.1) is 30.4 Å². The highest BCUT2D eigenvalue weighted by atomic mass is 16.4. The first-order valence-corrected chi connectivity index (χ1v) is 9.73. The molecule has 2 aliphatic heterocycles. The lowest BCUT2D eigenvalue weighted by Crippen LogP contribution is -2.55. The molecule has 28 heavy (non-hydrogen) atoms. The van der Waals surface area contributed by atoms with E-state index in [1.54, 1.807) is 24.9 Å². The normalized spacial score (nSPS) is 19.1. The molecule has 3 aromatic rings. The molecule has 146 valence electrons. The SMILES string of the molecule is CN1CCc2[nH]cnc2C12CCN(C(=O)c1ccc(Cn3ccnc3)o1)CC2. The lowest BCUT2D eigenvalue weighted by molar-refractivity contribution is 0.0211. The number of fused-ring (bicyclic) bond motifs is 2. The van der Waals surface area contributed by atoms with Crippen LogP contribution in [0.3, 0.4) is 0 Å². The van der Waals surface area contributed by atoms with Gasteiger partial charge in [-0.3, -0.25) is 9.69 Å². The van der Waals surface area contributed by atoms with Gasteiger partial charge in [-0.2, -0.15) is 0 Å². The maximum atomic E-state index is 12.9. The number of likely N-dealkylation sites (tertiary alicyclic amines) is 1. The Balaban J connectivity index is 1.29. The van der Waals surface area contributed by atoms with Crippen LogP contribution in [0.4, 0.5) is 0 Å². The number of nitrogens with zero attached hydrogens (tertiary/aromatic N) is 5. The van der Waals surface area contributed by atoms with Crippen molar-refractivity contribution in [3.05, 3.63) is 60.1 Å². The molecule has 1 saturated heterocycles. The Hall–Kier alpha value is -2.87. The van der Waals surface area contributed by atoms with Crippen LogP contribution in [0.25, 0.3) is 0 Å². The first-order chi connectivity index (χ1) is 13.7. The molecule has 5 rings (SSSR count). The van der Waals surface area contributed by atoms with Crippen molar-refractivity contribution in [3.8, 4) is 0 Å². The van der Waals surface area contributed by atoms with Gasteiger partial charge in [0.15, 0.2) is 5.76 Å². The van der Waals surface area contributed by atoms with Crippen LogP contribution >= 0.6 is 0 Å². The van der Waals surface area contributed by atoms with Gasteiger partial charge in [0.1, 0.15) is 5.76 Å². The van der Waals surface area contributed by atoms with Gasteiger partial charge in [0.2, 0.25) is 0 Å². The Morgan fingerprint density at radius 2 is 2.14 bits per heavy atom. The summed E-state index contributed by atoms with van der Waals surface area (Å²) in [4.78, 5) is 29.2. The molecule has 0 unspecified atom stereocenters. The van der Waals surface area contributed by atoms with Crippen molar-refractivity contribution in [1.82, 2.24) is 29.3 Å². The van der Waals surface area contributed by atoms with Crippen LogP contribution in [0.1, 0.15) is 40.5 Å². The van der Waals surface area contributed by atoms with Gasteiger partial charge in [-0.15, -0.1) is 0 Å². The largest absolute Gasteiger partial charge is 0.454 e. The summed E-state index contributed by atoms with van der Waals surface area (Å²) in [6.07, 6.45) is 9.91. The number of likely N-dealkylation sites (N-methyl/N-ethyl adjacent to an activating group) is 1. The zero-order valence-electron chi connectivity index (χ0n) is 16.0. The topological polar surface area (TPSA) is 83.2 Å². The minimum absolute atomic E-state index is 0.0348. The summed E-state index contributed by atoms with van der Waals surface area (Å²) in [6.45, 7) is 2.99. The minimum atomic E-state index is -0.0693. The third-order valence-corrected chi connectivity index (χ3v) is 6.23. The Morgan fingerprint density at radius 1 is 1.29 bits per heavy atom. The highest BCUT2D eigenvalue weighted by Crippen LogP contribution is 2.41. The third kappa shape index (κ3) is 2.75. The molecule has 8 nitrogen and oxygen atoms in total. The molecule has 0 atom stereocenters. The summed E-state index contributed by atoms with van der Waals surface area (Å²) in [5, 5.41) is 0. The zero-order valence-corrected chi connectivity index (χ0v) is 16.0. The first kappa shape index (κ1) is 17.2. The predicted molar refractivity (Wildman–Crippen MR) is 102 cm³/mol. The number of imidazole rings is 2. The molecule has 5 heterocycles. The molecular weight excluding hydrogens is 356 g/mol. The molecule has 2 aliphatic rings. The van der Waals surface area contributed by atoms with Gasteiger partial charge in [-0.05, 0) is 32.0 Å². The number of hydrogen-bond donors (Lipinski definition) is 1. The van der Waals surface area contributed by atoms with E-state index in [4.69, 9.17) is 4.42 Å². The van der Waals surface area contributed by atoms with Crippen molar-refractivity contribution in [2.24, 2.45) is 0 Å². The quantitative estimate of drug-likeness (QED) is 0.750. The fourth-order valence-electron chi connectivity index (χ4n) is 4.58. The Morgan fingerprint density at radius 3 is 2.93 bits per heavy atom. The van der Waals surface area contributed by atoms with Gasteiger partial charge in [-0.1, -0.05) is 0 Å². The van der Waals surface area contributed by atoms with Crippen LogP contribution in [0.2, 0.25) is 0 Å². The molecule has 0 aliphatic carbocycles. The maximum Gasteiger partial charge on any atom is 0.289 e. The van der Waals surface area contributed by atoms with E-state index in [9.17, 15) is 4.79 Å². The number of carbonyl (C=O) groups is 1. The van der Waals surface area contributed by atoms with E-state index < -0.39 is 0 Å². The van der Waals surface area contributed by atoms with Crippen LogP contribution < -0.4 is 0 Å². The van der Waals surface area contributed by atoms with Crippen molar-refractivity contribution in [2.75, 3.05) is 26.7 Å². The number of furan rings is 1. The summed E-state index contributed by atoms with van der Waals surface area (Å²) < 4.78 is 7.72. The molecule has 8 heteroatoms. The van der Waals surface area contributed by atoms with Crippen LogP contribution in [0.5, 0.6) is 0 Å². The van der Waals surface area contributed by atoms with Crippen molar-refractivity contribution in [2.45, 2.75) is 31.3 Å². The number of aromatic nitrogens is 4. The summed E-state index contributed by atoms with van der Waals surface area (Å²) in [6, 6.07) is 3.64. The number of carbonyl (C=O) groups excluding carboxylic acids is 1. The number of piperidine rings is 1. The van der Waals surface area contributed by atoms with Crippen molar-refractivity contribution >= 4 is 5.91 Å². The van der Waals surface area contributed by atoms with Gasteiger partial charge >= 0.3 is 0 Å². The van der Waals surface area contributed by atoms with E-state index in [1.165, 1.54) is 5.69 Å². The highest BCUT2D eigenvalue weighted by Gasteiger charge is 2.45. The minimum Gasteiger partial charge on any atom is -0.454 e. The molecule has 1 N–H and O–H groups in total. The zero-order chi connectivity index (χ0) is 19.1. The summed E-state index contributed by atoms with van der Waals surface area (Å²) in [5.74, 6) is 1.12. The number of hydrogen-bond acceptors (Lipinski definition) is 5. The molecule has 3 aromatic heterocycles. The summed E-state index contributed by atoms with van der Waals surface area (Å²) in [7, 11) is 2.17. The summed E-state index contributed by atoms with van der Waals surface area (Å²) in [5.41, 5.74) is 2.34. The van der Waals surface area contributed by atoms with E-state index in [0.717, 1.165) is 37.3 Å². The number of H-pyrrole nitrogens is 1. The first-order valence-electron chi connectivity index (χ1n) is 9.73. The van der Waals surface area contributed by atoms with E-state index >= 15 is 0 Å². The van der Waals surface area contributed by atoms with Crippen molar-refractivity contribution in [3.63, 3.8) is 0 Å². The molecule has 1 amide bonds. The van der Waals surface area contributed by atoms with E-state index in [0.29, 0.717) is 25.4 Å². The third-order valence-electron chi connectivity index (χ3n) is 6.23. The molecule has 0 radical (unpaired) electrons. The fourth-order valence-corrected chi connectivity index (χ4v) is 4.58. The second-order valence-corrected chi connectivity index (χ2v) is 7.73. The Kier molecular flexibility index (Phi) is 4.08. The van der Waals surface area contributed by atoms with E-state index in [-0.39, 0.29) is 11.4 Å². The highest BCUT2D eigenvalue weighted by molar-refractivity contribution is 5.91. The van der Waals surface area contributed by atoms with Crippen LogP contribution in [0.15, 0.2) is 41.6 Å². The van der Waals surface area contributed by atoms with Crippen LogP contribution in [-0.2, 0) is 18.5 Å². The van der Waals surface area contributed by atoms with E-state index in [1.807, 2.05) is 21.7 Å². The van der Waals surface area contributed by atoms with Gasteiger partial charge in [0.25, 0.3) is 5.91 Å². The molecule has 0 saturated carbocycles. The lowest BCUT2D eigenvalue weighted by atomic mass is 9.79. The van der Waals surface area contributed by atoms with Crippen molar-refractivity contribution in [1.29, 1.82) is 0 Å². The Bertz CT molecular complexity index is 965. The Labute approximate surface area is 163 Å². The van der Waals surface area contributed by atoms with E-state index in [2.05, 4.69) is 26.9 Å². The second-order valence-electron chi connectivity index (χ2n) is 7.73. The monoisotopic (exact) mass is 380 g/mol. The number of aromatic amines is 1. The van der Waals surface area contributed by atoms with Crippen LogP contribution in [0, 0.1) is 0 Å². The molecule has 1 spiro atoms. The fraction of sp³-hybridized carbons (Fsp3) is 0.450. The standard InChI is InChI=1S/C20H24N6O2/c1-24-8-4-16-18(23-13-22-16)20(24)5-9-26(10-6-20)19(27)17-3-2-15(28-17)12-25-11-7-21-14-25/h2-3,7,11,13-14H,4-6,8-10,12H2,1H3,(H,22,23). The molecule has 0 aromatic carbocycles. The van der Waals surface area contributed by atoms with Gasteiger partial charge in [-0.25, -0.2) is 9.97 Å². The number of nitrogens with one attached hydrogen (secondary N) is 1. The lowest BCUT2D eigenvalue weighted by Gasteiger charge is -2.49. The molecule has 0 bridgehead atoms. The van der Waals surface area contributed by atoms with Gasteiger partial charge < -0.3 is 18.9 Å². The van der Waals surface area contributed by atoms with Crippen molar-refractivity contribution < 1.29 is 9.21 Å². The number of amides is 1. The second kappa shape index (κ2) is 6.63. The number of rotatable bonds is 3. The molecular formula is C20H24N6O2. The maximum absolute atomic E-state index is 12.9. The average Bonchev–Trinajstić information content (AvgIpc) is 3.47. The summed E-state index contributed by atoms with van der Waals surface area (Å²) >= 11 is 0. The smallest absolute Gasteiger partial charge is 0.289 e.